The quantitative estimate of drug-likeness (QED) is 0.697. The van der Waals surface area contributed by atoms with E-state index in [9.17, 15) is 4.79 Å². The lowest BCUT2D eigenvalue weighted by Crippen LogP contribution is -2.35. The average molecular weight is 281 g/mol. The number of hydrogen-bond donors (Lipinski definition) is 2. The summed E-state index contributed by atoms with van der Waals surface area (Å²) >= 11 is 0. The minimum atomic E-state index is -0.271. The molecule has 1 aromatic rings. The summed E-state index contributed by atoms with van der Waals surface area (Å²) in [6.07, 6.45) is 0.896. The maximum Gasteiger partial charge on any atom is 0.307 e. The Kier molecular flexibility index (Phi) is 7.04. The van der Waals surface area contributed by atoms with Gasteiger partial charge in [0.2, 0.25) is 0 Å². The number of carbonyl (C=O) groups excluding carboxylic acids is 1. The molecule has 1 rings (SSSR count). The van der Waals surface area contributed by atoms with Crippen LogP contribution in [0.15, 0.2) is 18.2 Å². The Morgan fingerprint density at radius 2 is 2.15 bits per heavy atom. The first-order valence-electron chi connectivity index (χ1n) is 6.65. The van der Waals surface area contributed by atoms with Crippen LogP contribution in [0.25, 0.3) is 0 Å². The van der Waals surface area contributed by atoms with E-state index in [2.05, 4.69) is 5.32 Å². The largest absolute Gasteiger partial charge is 0.496 e. The highest BCUT2D eigenvalue weighted by Crippen LogP contribution is 2.21. The standard InChI is InChI=1S/C15H23NO4/c1-11-4-5-14(19-2)12(8-11)9-13(16-6-7-17)10-15(18)20-3/h4-5,8,13,16-17H,6-7,9-10H2,1-3H3. The van der Waals surface area contributed by atoms with Crippen LogP contribution >= 0.6 is 0 Å². The highest BCUT2D eigenvalue weighted by atomic mass is 16.5. The van der Waals surface area contributed by atoms with Crippen LogP contribution in [0.4, 0.5) is 0 Å². The number of aryl methyl sites for hydroxylation is 1. The van der Waals surface area contributed by atoms with E-state index in [-0.39, 0.29) is 25.0 Å². The Bertz CT molecular complexity index is 434. The minimum Gasteiger partial charge on any atom is -0.496 e. The van der Waals surface area contributed by atoms with Gasteiger partial charge in [-0.2, -0.15) is 0 Å². The van der Waals surface area contributed by atoms with Gasteiger partial charge in [-0.25, -0.2) is 0 Å². The van der Waals surface area contributed by atoms with E-state index < -0.39 is 0 Å². The molecule has 1 unspecified atom stereocenters. The molecule has 0 saturated heterocycles. The van der Waals surface area contributed by atoms with Gasteiger partial charge in [0.25, 0.3) is 0 Å². The van der Waals surface area contributed by atoms with Gasteiger partial charge in [0.1, 0.15) is 5.75 Å². The number of aliphatic hydroxyl groups excluding tert-OH is 1. The number of carbonyl (C=O) groups is 1. The van der Waals surface area contributed by atoms with E-state index >= 15 is 0 Å². The van der Waals surface area contributed by atoms with Crippen LogP contribution in [0.1, 0.15) is 17.5 Å². The maximum atomic E-state index is 11.4. The first-order valence-corrected chi connectivity index (χ1v) is 6.65. The lowest BCUT2D eigenvalue weighted by molar-refractivity contribution is -0.141. The lowest BCUT2D eigenvalue weighted by Gasteiger charge is -2.19. The Balaban J connectivity index is 2.81. The summed E-state index contributed by atoms with van der Waals surface area (Å²) in [5.41, 5.74) is 2.17. The number of benzene rings is 1. The van der Waals surface area contributed by atoms with Crippen molar-refractivity contribution in [1.82, 2.24) is 5.32 Å². The Labute approximate surface area is 119 Å². The number of esters is 1. The van der Waals surface area contributed by atoms with Gasteiger partial charge in [-0.05, 0) is 25.0 Å². The third-order valence-electron chi connectivity index (χ3n) is 3.09. The summed E-state index contributed by atoms with van der Waals surface area (Å²) in [6, 6.07) is 5.86. The first-order chi connectivity index (χ1) is 9.60. The molecular formula is C15H23NO4. The Morgan fingerprint density at radius 1 is 1.40 bits per heavy atom. The van der Waals surface area contributed by atoms with Crippen molar-refractivity contribution in [1.29, 1.82) is 0 Å². The van der Waals surface area contributed by atoms with Crippen LogP contribution < -0.4 is 10.1 Å². The van der Waals surface area contributed by atoms with Crippen molar-refractivity contribution in [2.45, 2.75) is 25.8 Å². The molecule has 20 heavy (non-hydrogen) atoms. The van der Waals surface area contributed by atoms with Gasteiger partial charge in [-0.3, -0.25) is 4.79 Å². The zero-order valence-corrected chi connectivity index (χ0v) is 12.3. The molecule has 112 valence electrons. The second kappa shape index (κ2) is 8.55. The molecule has 0 fully saturated rings. The first kappa shape index (κ1) is 16.5. The topological polar surface area (TPSA) is 67.8 Å². The predicted molar refractivity (Wildman–Crippen MR) is 76.9 cm³/mol. The molecule has 0 bridgehead atoms. The molecule has 0 heterocycles. The summed E-state index contributed by atoms with van der Waals surface area (Å²) in [5.74, 6) is 0.531. The molecule has 0 spiro atoms. The van der Waals surface area contributed by atoms with E-state index in [0.717, 1.165) is 16.9 Å². The molecule has 0 amide bonds. The summed E-state index contributed by atoms with van der Waals surface area (Å²) < 4.78 is 10.0. The van der Waals surface area contributed by atoms with Gasteiger partial charge >= 0.3 is 5.97 Å². The fourth-order valence-corrected chi connectivity index (χ4v) is 2.10. The number of ether oxygens (including phenoxy) is 2. The molecule has 0 radical (unpaired) electrons. The molecule has 5 nitrogen and oxygen atoms in total. The summed E-state index contributed by atoms with van der Waals surface area (Å²) in [4.78, 5) is 11.4. The molecule has 1 aromatic carbocycles. The molecular weight excluding hydrogens is 258 g/mol. The molecule has 0 aliphatic rings. The van der Waals surface area contributed by atoms with Crippen LogP contribution in [-0.2, 0) is 16.0 Å². The van der Waals surface area contributed by atoms with Crippen molar-refractivity contribution in [3.63, 3.8) is 0 Å². The molecule has 0 saturated carbocycles. The Morgan fingerprint density at radius 3 is 2.75 bits per heavy atom. The van der Waals surface area contributed by atoms with Gasteiger partial charge in [0.15, 0.2) is 0 Å². The molecule has 1 atom stereocenters. The van der Waals surface area contributed by atoms with Crippen LogP contribution in [0.5, 0.6) is 5.75 Å². The lowest BCUT2D eigenvalue weighted by atomic mass is 10.0. The predicted octanol–water partition coefficient (Wildman–Crippen LogP) is 1.06. The summed E-state index contributed by atoms with van der Waals surface area (Å²) in [5, 5.41) is 12.1. The number of rotatable bonds is 8. The zero-order valence-electron chi connectivity index (χ0n) is 12.3. The maximum absolute atomic E-state index is 11.4. The highest BCUT2D eigenvalue weighted by Gasteiger charge is 2.16. The zero-order chi connectivity index (χ0) is 15.0. The second-order valence-electron chi connectivity index (χ2n) is 4.67. The fourth-order valence-electron chi connectivity index (χ4n) is 2.10. The second-order valence-corrected chi connectivity index (χ2v) is 4.67. The molecule has 0 aliphatic heterocycles. The molecule has 5 heteroatoms. The van der Waals surface area contributed by atoms with E-state index in [1.54, 1.807) is 7.11 Å². The van der Waals surface area contributed by atoms with Crippen molar-refractivity contribution in [3.05, 3.63) is 29.3 Å². The van der Waals surface area contributed by atoms with Crippen molar-refractivity contribution in [2.24, 2.45) is 0 Å². The van der Waals surface area contributed by atoms with E-state index in [4.69, 9.17) is 14.6 Å². The monoisotopic (exact) mass is 281 g/mol. The van der Waals surface area contributed by atoms with Crippen molar-refractivity contribution in [2.75, 3.05) is 27.4 Å². The third-order valence-corrected chi connectivity index (χ3v) is 3.09. The van der Waals surface area contributed by atoms with Gasteiger partial charge in [-0.15, -0.1) is 0 Å². The molecule has 0 aromatic heterocycles. The Hall–Kier alpha value is -1.59. The van der Waals surface area contributed by atoms with Gasteiger partial charge in [0.05, 0.1) is 27.2 Å². The number of aliphatic hydroxyl groups is 1. The normalized spacial score (nSPS) is 12.0. The molecule has 2 N–H and O–H groups in total. The number of nitrogens with one attached hydrogen (secondary N) is 1. The van der Waals surface area contributed by atoms with Crippen LogP contribution in [0.2, 0.25) is 0 Å². The summed E-state index contributed by atoms with van der Waals surface area (Å²) in [7, 11) is 3.00. The van der Waals surface area contributed by atoms with Gasteiger partial charge in [-0.1, -0.05) is 17.7 Å². The van der Waals surface area contributed by atoms with Crippen LogP contribution in [0, 0.1) is 6.92 Å². The van der Waals surface area contributed by atoms with Crippen molar-refractivity contribution < 1.29 is 19.4 Å². The fraction of sp³-hybridized carbons (Fsp3) is 0.533. The number of methoxy groups -OCH3 is 2. The minimum absolute atomic E-state index is 0.0304. The van der Waals surface area contributed by atoms with Crippen molar-refractivity contribution >= 4 is 5.97 Å². The smallest absolute Gasteiger partial charge is 0.307 e. The van der Waals surface area contributed by atoms with Gasteiger partial charge < -0.3 is 19.9 Å². The van der Waals surface area contributed by atoms with E-state index in [0.29, 0.717) is 13.0 Å². The number of hydrogen-bond acceptors (Lipinski definition) is 5. The SMILES string of the molecule is COC(=O)CC(Cc1cc(C)ccc1OC)NCCO. The van der Waals surface area contributed by atoms with Crippen LogP contribution in [0.3, 0.4) is 0 Å². The summed E-state index contributed by atoms with van der Waals surface area (Å²) in [6.45, 7) is 2.48. The van der Waals surface area contributed by atoms with E-state index in [1.165, 1.54) is 7.11 Å². The molecule has 0 aliphatic carbocycles. The van der Waals surface area contributed by atoms with Crippen molar-refractivity contribution in [3.8, 4) is 5.75 Å². The van der Waals surface area contributed by atoms with E-state index in [1.807, 2.05) is 25.1 Å². The third kappa shape index (κ3) is 5.19. The average Bonchev–Trinajstić information content (AvgIpc) is 2.44. The highest BCUT2D eigenvalue weighted by molar-refractivity contribution is 5.70. The van der Waals surface area contributed by atoms with Crippen LogP contribution in [-0.4, -0.2) is 44.5 Å². The van der Waals surface area contributed by atoms with Gasteiger partial charge in [0, 0.05) is 12.6 Å².